The molecule has 39 heavy (non-hydrogen) atoms. The molecule has 6 heteroatoms. The first-order chi connectivity index (χ1) is 18.5. The van der Waals surface area contributed by atoms with Crippen LogP contribution in [0, 0.1) is 46.3 Å². The van der Waals surface area contributed by atoms with E-state index in [4.69, 9.17) is 9.47 Å². The topological polar surface area (TPSA) is 99.4 Å². The lowest BCUT2D eigenvalue weighted by atomic mass is 9.47. The lowest BCUT2D eigenvalue weighted by Crippen LogP contribution is -2.60. The fourth-order valence-corrected chi connectivity index (χ4v) is 10.1. The molecule has 1 aliphatic heterocycles. The first-order valence-electron chi connectivity index (χ1n) is 16.1. The third-order valence-corrected chi connectivity index (χ3v) is 12.4. The normalized spacial score (nSPS) is 48.7. The molecule has 5 rings (SSSR count). The summed E-state index contributed by atoms with van der Waals surface area (Å²) in [7, 11) is 0. The summed E-state index contributed by atoms with van der Waals surface area (Å²) in [5.41, 5.74) is 2.20. The van der Waals surface area contributed by atoms with Crippen LogP contribution in [0.4, 0.5) is 0 Å². The first kappa shape index (κ1) is 30.0. The van der Waals surface area contributed by atoms with Crippen LogP contribution >= 0.6 is 0 Å². The monoisotopic (exact) mass is 548 g/mol. The zero-order valence-corrected chi connectivity index (χ0v) is 25.1. The van der Waals surface area contributed by atoms with Gasteiger partial charge in [-0.05, 0) is 97.7 Å². The molecule has 3 saturated carbocycles. The molecular weight excluding hydrogens is 492 g/mol. The minimum Gasteiger partial charge on any atom is -0.394 e. The Morgan fingerprint density at radius 2 is 1.72 bits per heavy atom. The second-order valence-electron chi connectivity index (χ2n) is 15.0. The molecule has 4 N–H and O–H groups in total. The highest BCUT2D eigenvalue weighted by Gasteiger charge is 2.59. The van der Waals surface area contributed by atoms with Gasteiger partial charge in [-0.15, -0.1) is 0 Å². The Kier molecular flexibility index (Phi) is 8.95. The Morgan fingerprint density at radius 3 is 2.44 bits per heavy atom. The van der Waals surface area contributed by atoms with E-state index in [1.54, 1.807) is 0 Å². The number of fused-ring (bicyclic) bond motifs is 5. The molecule has 0 spiro atoms. The largest absolute Gasteiger partial charge is 0.394 e. The van der Waals surface area contributed by atoms with Crippen LogP contribution in [0.25, 0.3) is 0 Å². The van der Waals surface area contributed by atoms with Gasteiger partial charge in [-0.25, -0.2) is 0 Å². The summed E-state index contributed by atoms with van der Waals surface area (Å²) in [6, 6.07) is 0. The van der Waals surface area contributed by atoms with E-state index in [-0.39, 0.29) is 11.5 Å². The molecule has 0 aromatic carbocycles. The number of ether oxygens (including phenoxy) is 2. The van der Waals surface area contributed by atoms with Gasteiger partial charge in [0.1, 0.15) is 24.4 Å². The van der Waals surface area contributed by atoms with Crippen molar-refractivity contribution in [2.24, 2.45) is 46.3 Å². The summed E-state index contributed by atoms with van der Waals surface area (Å²) in [5, 5.41) is 40.3. The highest BCUT2D eigenvalue weighted by molar-refractivity contribution is 5.25. The second-order valence-corrected chi connectivity index (χ2v) is 15.0. The van der Waals surface area contributed by atoms with Crippen molar-refractivity contribution in [3.8, 4) is 0 Å². The molecule has 1 heterocycles. The number of aliphatic hydroxyl groups is 4. The van der Waals surface area contributed by atoms with Crippen molar-refractivity contribution in [1.82, 2.24) is 0 Å². The van der Waals surface area contributed by atoms with Gasteiger partial charge in [0.25, 0.3) is 0 Å². The van der Waals surface area contributed by atoms with E-state index in [9.17, 15) is 20.4 Å². The molecule has 13 atom stereocenters. The third kappa shape index (κ3) is 5.41. The van der Waals surface area contributed by atoms with Gasteiger partial charge in [-0.2, -0.15) is 0 Å². The Morgan fingerprint density at radius 1 is 0.949 bits per heavy atom. The van der Waals surface area contributed by atoms with E-state index in [2.05, 4.69) is 40.7 Å². The Hall–Kier alpha value is -0.500. The Labute approximate surface area is 236 Å². The highest BCUT2D eigenvalue weighted by atomic mass is 16.7. The zero-order valence-electron chi connectivity index (χ0n) is 25.1. The van der Waals surface area contributed by atoms with E-state index >= 15 is 0 Å². The van der Waals surface area contributed by atoms with Crippen molar-refractivity contribution in [3.63, 3.8) is 0 Å². The molecule has 0 bridgehead atoms. The summed E-state index contributed by atoms with van der Waals surface area (Å²) in [6.07, 6.45) is 9.98. The lowest BCUT2D eigenvalue weighted by Gasteiger charge is -2.58. The fraction of sp³-hybridized carbons (Fsp3) is 0.939. The van der Waals surface area contributed by atoms with Crippen LogP contribution in [0.5, 0.6) is 0 Å². The van der Waals surface area contributed by atoms with Crippen molar-refractivity contribution in [2.75, 3.05) is 6.61 Å². The minimum absolute atomic E-state index is 0.0984. The molecule has 7 unspecified atom stereocenters. The molecule has 0 aromatic heterocycles. The van der Waals surface area contributed by atoms with Crippen LogP contribution in [0.1, 0.15) is 105 Å². The van der Waals surface area contributed by atoms with E-state index in [1.165, 1.54) is 56.9 Å². The standard InChI is InChI=1S/C33H56O6/c1-19(2)7-6-8-20(3)24-11-12-25-23-10-9-21-17-22(13-15-32(21,4)26(23)14-16-33(24,25)5)38-31-30(37)29(36)28(35)27(18-34)39-31/h9,19-20,22-31,34-37H,6-8,10-18H2,1-5H3/t20-,22?,23?,24-,25?,26?,27?,28-,29?,30?,31+,32+,33-/m1/s1. The maximum Gasteiger partial charge on any atom is 0.186 e. The average Bonchev–Trinajstić information content (AvgIpc) is 3.26. The van der Waals surface area contributed by atoms with Crippen molar-refractivity contribution in [2.45, 2.75) is 142 Å². The van der Waals surface area contributed by atoms with Crippen LogP contribution < -0.4 is 0 Å². The SMILES string of the molecule is CC(C)CCC[C@@H](C)[C@H]1CCC2C3CC=C4CC(O[C@H]5OC(CO)[C@@H](O)C(O)C5O)CC[C@]4(C)C3CC[C@@]21C. The van der Waals surface area contributed by atoms with Gasteiger partial charge in [-0.3, -0.25) is 0 Å². The molecule has 6 nitrogen and oxygen atoms in total. The third-order valence-electron chi connectivity index (χ3n) is 12.4. The van der Waals surface area contributed by atoms with E-state index in [0.717, 1.165) is 54.8 Å². The summed E-state index contributed by atoms with van der Waals surface area (Å²) in [6.45, 7) is 12.0. The van der Waals surface area contributed by atoms with E-state index in [1.807, 2.05) is 0 Å². The first-order valence-corrected chi connectivity index (χ1v) is 16.1. The number of hydrogen-bond donors (Lipinski definition) is 4. The fourth-order valence-electron chi connectivity index (χ4n) is 10.1. The van der Waals surface area contributed by atoms with Crippen LogP contribution in [-0.2, 0) is 9.47 Å². The summed E-state index contributed by atoms with van der Waals surface area (Å²) in [4.78, 5) is 0. The Bertz CT molecular complexity index is 872. The lowest BCUT2D eigenvalue weighted by molar-refractivity contribution is -0.313. The summed E-state index contributed by atoms with van der Waals surface area (Å²) >= 11 is 0. The summed E-state index contributed by atoms with van der Waals surface area (Å²) < 4.78 is 11.9. The van der Waals surface area contributed by atoms with Gasteiger partial charge in [0.05, 0.1) is 12.7 Å². The number of hydrogen-bond acceptors (Lipinski definition) is 6. The van der Waals surface area contributed by atoms with E-state index in [0.29, 0.717) is 5.41 Å². The van der Waals surface area contributed by atoms with Crippen LogP contribution in [0.15, 0.2) is 11.6 Å². The predicted molar refractivity (Wildman–Crippen MR) is 152 cm³/mol. The predicted octanol–water partition coefficient (Wildman–Crippen LogP) is 5.21. The molecule has 4 fully saturated rings. The Balaban J connectivity index is 1.24. The number of aliphatic hydroxyl groups excluding tert-OH is 4. The van der Waals surface area contributed by atoms with Gasteiger partial charge >= 0.3 is 0 Å². The van der Waals surface area contributed by atoms with E-state index < -0.39 is 37.3 Å². The van der Waals surface area contributed by atoms with Crippen molar-refractivity contribution < 1.29 is 29.9 Å². The van der Waals surface area contributed by atoms with Crippen LogP contribution in [0.3, 0.4) is 0 Å². The van der Waals surface area contributed by atoms with Crippen molar-refractivity contribution in [1.29, 1.82) is 0 Å². The molecule has 0 amide bonds. The maximum absolute atomic E-state index is 10.5. The maximum atomic E-state index is 10.5. The van der Waals surface area contributed by atoms with Gasteiger partial charge in [0.2, 0.25) is 0 Å². The van der Waals surface area contributed by atoms with Crippen LogP contribution in [-0.4, -0.2) is 63.8 Å². The van der Waals surface area contributed by atoms with Gasteiger partial charge < -0.3 is 29.9 Å². The van der Waals surface area contributed by atoms with Gasteiger partial charge in [-0.1, -0.05) is 65.5 Å². The number of allylic oxidation sites excluding steroid dienone is 1. The molecule has 1 saturated heterocycles. The average molecular weight is 549 g/mol. The van der Waals surface area contributed by atoms with Gasteiger partial charge in [0, 0.05) is 0 Å². The zero-order chi connectivity index (χ0) is 28.1. The highest BCUT2D eigenvalue weighted by Crippen LogP contribution is 2.67. The van der Waals surface area contributed by atoms with Crippen molar-refractivity contribution >= 4 is 0 Å². The second kappa shape index (κ2) is 11.6. The molecule has 5 aliphatic rings. The van der Waals surface area contributed by atoms with Crippen molar-refractivity contribution in [3.05, 3.63) is 11.6 Å². The smallest absolute Gasteiger partial charge is 0.186 e. The molecular formula is C33H56O6. The number of rotatable bonds is 8. The molecule has 0 aromatic rings. The van der Waals surface area contributed by atoms with Gasteiger partial charge in [0.15, 0.2) is 6.29 Å². The molecule has 4 aliphatic carbocycles. The minimum atomic E-state index is -1.39. The molecule has 0 radical (unpaired) electrons. The summed E-state index contributed by atoms with van der Waals surface area (Å²) in [5.74, 6) is 4.87. The molecule has 224 valence electrons. The van der Waals surface area contributed by atoms with Crippen LogP contribution in [0.2, 0.25) is 0 Å². The quantitative estimate of drug-likeness (QED) is 0.311.